The predicted octanol–water partition coefficient (Wildman–Crippen LogP) is 9.25. The number of allylic oxidation sites excluding steroid dienone is 2. The molecule has 0 amide bonds. The summed E-state index contributed by atoms with van der Waals surface area (Å²) in [6.07, 6.45) is 6.39. The molecule has 2 N–H and O–H groups in total. The van der Waals surface area contributed by atoms with Crippen LogP contribution in [0.15, 0.2) is 158 Å². The quantitative estimate of drug-likeness (QED) is 0.133. The minimum atomic E-state index is -0.967. The van der Waals surface area contributed by atoms with Crippen molar-refractivity contribution >= 4 is 23.7 Å². The van der Waals surface area contributed by atoms with Gasteiger partial charge in [-0.2, -0.15) is 0 Å². The van der Waals surface area contributed by atoms with Crippen LogP contribution in [0.25, 0.3) is 23.3 Å². The van der Waals surface area contributed by atoms with Gasteiger partial charge < -0.3 is 10.2 Å². The van der Waals surface area contributed by atoms with Gasteiger partial charge in [0.1, 0.15) is 11.5 Å². The summed E-state index contributed by atoms with van der Waals surface area (Å²) in [5, 5.41) is 21.9. The number of hydrogen-bond donors (Lipinski definition) is 2. The van der Waals surface area contributed by atoms with Gasteiger partial charge in [0.05, 0.1) is 16.5 Å². The van der Waals surface area contributed by atoms with Crippen molar-refractivity contribution in [3.63, 3.8) is 0 Å². The molecule has 1 aliphatic rings. The zero-order valence-electron chi connectivity index (χ0n) is 25.4. The van der Waals surface area contributed by atoms with E-state index in [0.717, 1.165) is 44.5 Å². The lowest BCUT2D eigenvalue weighted by Gasteiger charge is -2.34. The SMILES string of the molecule is O=C(C=Cc1ccccc1)c1cc(C2(c3ccc(O)c(C(=O)C=Cc4ccccc4)c3)c3ccccc3-c3ccccc32)ccc1O. The van der Waals surface area contributed by atoms with E-state index in [9.17, 15) is 19.8 Å². The van der Waals surface area contributed by atoms with Crippen LogP contribution in [-0.2, 0) is 5.41 Å². The molecule has 0 spiro atoms. The molecular formula is C43H30O4. The highest BCUT2D eigenvalue weighted by Gasteiger charge is 2.46. The minimum absolute atomic E-state index is 0.126. The standard InChI is InChI=1S/C43H30O4/c44-39(23-19-29-11-3-1-4-12-29)35-27-31(21-25-41(35)46)43(37-17-9-7-15-33(37)34-16-8-10-18-38(34)43)32-22-26-42(47)36(28-32)40(45)24-20-30-13-5-2-6-14-30/h1-28,46-47H. The number of benzene rings is 6. The average molecular weight is 611 g/mol. The number of carbonyl (C=O) groups excluding carboxylic acids is 2. The fourth-order valence-corrected chi connectivity index (χ4v) is 6.61. The van der Waals surface area contributed by atoms with Crippen molar-refractivity contribution in [3.05, 3.63) is 202 Å². The van der Waals surface area contributed by atoms with E-state index >= 15 is 0 Å². The summed E-state index contributed by atoms with van der Waals surface area (Å²) in [7, 11) is 0. The highest BCUT2D eigenvalue weighted by Crippen LogP contribution is 2.56. The van der Waals surface area contributed by atoms with Gasteiger partial charge in [0.2, 0.25) is 0 Å². The van der Waals surface area contributed by atoms with E-state index in [4.69, 9.17) is 0 Å². The maximum absolute atomic E-state index is 13.6. The number of hydrogen-bond acceptors (Lipinski definition) is 4. The summed E-state index contributed by atoms with van der Waals surface area (Å²) in [4.78, 5) is 27.2. The van der Waals surface area contributed by atoms with Crippen LogP contribution in [0.1, 0.15) is 54.1 Å². The number of fused-ring (bicyclic) bond motifs is 3. The van der Waals surface area contributed by atoms with Gasteiger partial charge in [0, 0.05) is 0 Å². The first-order valence-corrected chi connectivity index (χ1v) is 15.4. The number of phenols is 2. The van der Waals surface area contributed by atoms with Crippen molar-refractivity contribution in [3.8, 4) is 22.6 Å². The molecule has 0 unspecified atom stereocenters. The van der Waals surface area contributed by atoms with Gasteiger partial charge in [0.15, 0.2) is 11.6 Å². The van der Waals surface area contributed by atoms with Crippen LogP contribution >= 0.6 is 0 Å². The van der Waals surface area contributed by atoms with E-state index in [1.165, 1.54) is 12.2 Å². The van der Waals surface area contributed by atoms with Crippen LogP contribution in [0.4, 0.5) is 0 Å². The molecule has 0 aliphatic heterocycles. The Morgan fingerprint density at radius 2 is 0.851 bits per heavy atom. The van der Waals surface area contributed by atoms with Crippen molar-refractivity contribution in [1.82, 2.24) is 0 Å². The summed E-state index contributed by atoms with van der Waals surface area (Å²) in [5.41, 5.74) is 6.57. The molecule has 0 saturated heterocycles. The number of phenolic OH excluding ortho intramolecular Hbond substituents is 2. The van der Waals surface area contributed by atoms with Gasteiger partial charge in [-0.05, 0) is 80.9 Å². The Hall–Kier alpha value is -6.26. The zero-order valence-corrected chi connectivity index (χ0v) is 25.4. The molecule has 0 atom stereocenters. The van der Waals surface area contributed by atoms with E-state index < -0.39 is 5.41 Å². The molecular weight excluding hydrogens is 580 g/mol. The lowest BCUT2D eigenvalue weighted by Crippen LogP contribution is -2.29. The first-order valence-electron chi connectivity index (χ1n) is 15.4. The Bertz CT molecular complexity index is 2030. The third kappa shape index (κ3) is 5.26. The van der Waals surface area contributed by atoms with Crippen LogP contribution in [0, 0.1) is 0 Å². The van der Waals surface area contributed by atoms with E-state index in [1.54, 1.807) is 36.4 Å². The van der Waals surface area contributed by atoms with Crippen LogP contribution in [0.5, 0.6) is 11.5 Å². The van der Waals surface area contributed by atoms with Gasteiger partial charge in [-0.25, -0.2) is 0 Å². The van der Waals surface area contributed by atoms with E-state index in [0.29, 0.717) is 0 Å². The monoisotopic (exact) mass is 610 g/mol. The van der Waals surface area contributed by atoms with Crippen molar-refractivity contribution in [2.75, 3.05) is 0 Å². The molecule has 226 valence electrons. The van der Waals surface area contributed by atoms with E-state index in [2.05, 4.69) is 24.3 Å². The normalized spacial score (nSPS) is 13.0. The fraction of sp³-hybridized carbons (Fsp3) is 0.0233. The Kier molecular flexibility index (Phi) is 7.68. The fourth-order valence-electron chi connectivity index (χ4n) is 6.61. The Morgan fingerprint density at radius 3 is 1.28 bits per heavy atom. The molecule has 4 heteroatoms. The second-order valence-corrected chi connectivity index (χ2v) is 11.5. The summed E-state index contributed by atoms with van der Waals surface area (Å²) < 4.78 is 0. The van der Waals surface area contributed by atoms with Crippen LogP contribution in [0.3, 0.4) is 0 Å². The summed E-state index contributed by atoms with van der Waals surface area (Å²) in [6, 6.07) is 45.5. The molecule has 0 heterocycles. The van der Waals surface area contributed by atoms with Crippen LogP contribution < -0.4 is 0 Å². The van der Waals surface area contributed by atoms with Crippen molar-refractivity contribution in [2.24, 2.45) is 0 Å². The highest BCUT2D eigenvalue weighted by atomic mass is 16.3. The van der Waals surface area contributed by atoms with E-state index in [1.807, 2.05) is 97.1 Å². The summed E-state index contributed by atoms with van der Waals surface area (Å²) in [5.74, 6) is -0.927. The minimum Gasteiger partial charge on any atom is -0.507 e. The lowest BCUT2D eigenvalue weighted by molar-refractivity contribution is 0.103. The molecule has 6 aromatic carbocycles. The number of rotatable bonds is 8. The second-order valence-electron chi connectivity index (χ2n) is 11.5. The Morgan fingerprint density at radius 1 is 0.468 bits per heavy atom. The maximum atomic E-state index is 13.6. The first kappa shape index (κ1) is 29.5. The van der Waals surface area contributed by atoms with Gasteiger partial charge in [-0.1, -0.05) is 133 Å². The Labute approximate surface area is 273 Å². The van der Waals surface area contributed by atoms with Gasteiger partial charge >= 0.3 is 0 Å². The number of aromatic hydroxyl groups is 2. The van der Waals surface area contributed by atoms with Crippen molar-refractivity contribution < 1.29 is 19.8 Å². The molecule has 0 radical (unpaired) electrons. The topological polar surface area (TPSA) is 74.6 Å². The second kappa shape index (κ2) is 12.3. The number of carbonyl (C=O) groups is 2. The smallest absolute Gasteiger partial charge is 0.189 e. The van der Waals surface area contributed by atoms with Crippen molar-refractivity contribution in [2.45, 2.75) is 5.41 Å². The van der Waals surface area contributed by atoms with Crippen molar-refractivity contribution in [1.29, 1.82) is 0 Å². The maximum Gasteiger partial charge on any atom is 0.189 e. The molecule has 0 fully saturated rings. The van der Waals surface area contributed by atoms with Gasteiger partial charge in [-0.15, -0.1) is 0 Å². The van der Waals surface area contributed by atoms with E-state index in [-0.39, 0.29) is 34.2 Å². The average Bonchev–Trinajstić information content (AvgIpc) is 3.42. The Balaban J connectivity index is 1.42. The molecule has 0 saturated carbocycles. The highest BCUT2D eigenvalue weighted by molar-refractivity contribution is 6.10. The third-order valence-electron chi connectivity index (χ3n) is 8.80. The van der Waals surface area contributed by atoms with Gasteiger partial charge in [0.25, 0.3) is 0 Å². The van der Waals surface area contributed by atoms with Crippen LogP contribution in [0.2, 0.25) is 0 Å². The molecule has 0 aromatic heterocycles. The molecule has 6 aromatic rings. The molecule has 4 nitrogen and oxygen atoms in total. The molecule has 7 rings (SSSR count). The molecule has 1 aliphatic carbocycles. The lowest BCUT2D eigenvalue weighted by atomic mass is 9.67. The van der Waals surface area contributed by atoms with Gasteiger partial charge in [-0.3, -0.25) is 9.59 Å². The predicted molar refractivity (Wildman–Crippen MR) is 187 cm³/mol. The first-order chi connectivity index (χ1) is 23.0. The van der Waals surface area contributed by atoms with Crippen LogP contribution in [-0.4, -0.2) is 21.8 Å². The number of ketones is 2. The largest absolute Gasteiger partial charge is 0.507 e. The summed E-state index contributed by atoms with van der Waals surface area (Å²) >= 11 is 0. The summed E-state index contributed by atoms with van der Waals surface area (Å²) in [6.45, 7) is 0. The molecule has 47 heavy (non-hydrogen) atoms. The molecule has 0 bridgehead atoms. The third-order valence-corrected chi connectivity index (χ3v) is 8.80. The zero-order chi connectivity index (χ0) is 32.4.